The lowest BCUT2D eigenvalue weighted by Crippen LogP contribution is -2.51. The van der Waals surface area contributed by atoms with Crippen molar-refractivity contribution in [2.75, 3.05) is 6.54 Å². The number of ketones is 2. The van der Waals surface area contributed by atoms with Crippen LogP contribution in [0.25, 0.3) is 0 Å². The first-order valence-corrected chi connectivity index (χ1v) is 15.4. The molecule has 2 N–H and O–H groups in total. The van der Waals surface area contributed by atoms with Crippen LogP contribution in [0.1, 0.15) is 55.3 Å². The number of amides is 2. The topological polar surface area (TPSA) is 92.3 Å². The van der Waals surface area contributed by atoms with Crippen LogP contribution in [0.5, 0.6) is 0 Å². The molecular weight excluding hydrogens is 690 g/mol. The Hall–Kier alpha value is -3.54. The van der Waals surface area contributed by atoms with Gasteiger partial charge in [-0.05, 0) is 52.9 Å². The molecule has 0 aliphatic heterocycles. The molecule has 0 radical (unpaired) electrons. The highest BCUT2D eigenvalue weighted by molar-refractivity contribution is 6.34. The van der Waals surface area contributed by atoms with Crippen LogP contribution >= 0.6 is 34.8 Å². The smallest absolute Gasteiger partial charge is 0.342 e. The van der Waals surface area contributed by atoms with E-state index in [1.807, 2.05) is 0 Å². The summed E-state index contributed by atoms with van der Waals surface area (Å²) in [5, 5.41) is 4.61. The summed E-state index contributed by atoms with van der Waals surface area (Å²) >= 11 is 18.5. The lowest BCUT2D eigenvalue weighted by molar-refractivity contribution is -0.167. The summed E-state index contributed by atoms with van der Waals surface area (Å²) in [4.78, 5) is 52.1. The number of benzene rings is 3. The molecule has 2 amide bonds. The van der Waals surface area contributed by atoms with Crippen molar-refractivity contribution in [1.82, 2.24) is 10.6 Å². The zero-order valence-corrected chi connectivity index (χ0v) is 27.3. The predicted octanol–water partition coefficient (Wildman–Crippen LogP) is 8.14. The molecule has 0 saturated carbocycles. The van der Waals surface area contributed by atoms with Crippen LogP contribution < -0.4 is 10.6 Å². The van der Waals surface area contributed by atoms with Crippen LogP contribution in [-0.4, -0.2) is 42.0 Å². The molecule has 3 atom stereocenters. The van der Waals surface area contributed by atoms with Crippen LogP contribution in [-0.2, 0) is 19.2 Å². The van der Waals surface area contributed by atoms with Crippen LogP contribution in [0.3, 0.4) is 0 Å². The summed E-state index contributed by atoms with van der Waals surface area (Å²) in [5.74, 6) is -14.1. The maximum atomic E-state index is 14.8. The molecule has 3 rings (SSSR count). The summed E-state index contributed by atoms with van der Waals surface area (Å²) in [5.41, 5.74) is 1.56. The number of alkyl halides is 5. The van der Waals surface area contributed by atoms with Crippen molar-refractivity contribution in [3.63, 3.8) is 0 Å². The minimum atomic E-state index is -5.00. The number of rotatable bonds is 14. The van der Waals surface area contributed by atoms with Gasteiger partial charge in [0.05, 0.1) is 0 Å². The normalized spacial score (nSPS) is 13.9. The van der Waals surface area contributed by atoms with Crippen molar-refractivity contribution in [1.29, 1.82) is 0 Å². The Kier molecular flexibility index (Phi) is 12.9. The highest BCUT2D eigenvalue weighted by Crippen LogP contribution is 2.34. The molecule has 47 heavy (non-hydrogen) atoms. The van der Waals surface area contributed by atoms with E-state index < -0.39 is 72.2 Å². The van der Waals surface area contributed by atoms with Gasteiger partial charge < -0.3 is 10.6 Å². The summed E-state index contributed by atoms with van der Waals surface area (Å²) in [6.45, 7) is 0.613. The fraction of sp³-hybridized carbons (Fsp3) is 0.333. The van der Waals surface area contributed by atoms with E-state index in [0.717, 1.165) is 10.9 Å². The van der Waals surface area contributed by atoms with Gasteiger partial charge in [-0.2, -0.15) is 22.0 Å². The maximum absolute atomic E-state index is 14.8. The van der Waals surface area contributed by atoms with Gasteiger partial charge in [0, 0.05) is 39.7 Å². The van der Waals surface area contributed by atoms with Gasteiger partial charge in [0.25, 0.3) is 5.91 Å². The molecule has 14 heteroatoms. The van der Waals surface area contributed by atoms with E-state index in [0.29, 0.717) is 20.6 Å². The van der Waals surface area contributed by atoms with Gasteiger partial charge in [-0.3, -0.25) is 19.2 Å². The molecule has 3 aromatic rings. The van der Waals surface area contributed by atoms with Gasteiger partial charge >= 0.3 is 12.1 Å². The van der Waals surface area contributed by atoms with Crippen LogP contribution in [0.2, 0.25) is 15.1 Å². The molecule has 0 aromatic heterocycles. The predicted molar refractivity (Wildman–Crippen MR) is 169 cm³/mol. The first-order chi connectivity index (χ1) is 21.9. The first-order valence-electron chi connectivity index (χ1n) is 14.2. The van der Waals surface area contributed by atoms with E-state index in [4.69, 9.17) is 34.8 Å². The maximum Gasteiger partial charge on any atom is 0.405 e. The number of hydrogen-bond acceptors (Lipinski definition) is 4. The van der Waals surface area contributed by atoms with E-state index in [1.54, 1.807) is 42.5 Å². The van der Waals surface area contributed by atoms with E-state index in [-0.39, 0.29) is 12.0 Å². The van der Waals surface area contributed by atoms with Gasteiger partial charge in [-0.15, -0.1) is 0 Å². The van der Waals surface area contributed by atoms with Crippen LogP contribution in [0.15, 0.2) is 72.8 Å². The molecule has 0 saturated heterocycles. The highest BCUT2D eigenvalue weighted by atomic mass is 35.5. The van der Waals surface area contributed by atoms with Gasteiger partial charge in [0.15, 0.2) is 5.78 Å². The number of Topliss-reactive ketones (excluding diaryl/α,β-unsaturated/α-hetero) is 2. The van der Waals surface area contributed by atoms with E-state index in [9.17, 15) is 41.1 Å². The van der Waals surface area contributed by atoms with Crippen molar-refractivity contribution in [2.45, 2.75) is 50.7 Å². The van der Waals surface area contributed by atoms with Gasteiger partial charge in [-0.25, -0.2) is 0 Å². The fourth-order valence-corrected chi connectivity index (χ4v) is 5.57. The summed E-state index contributed by atoms with van der Waals surface area (Å²) in [6, 6.07) is 18.0. The van der Waals surface area contributed by atoms with Crippen molar-refractivity contribution in [3.05, 3.63) is 105 Å². The number of nitrogens with one attached hydrogen (secondary N) is 2. The van der Waals surface area contributed by atoms with Crippen molar-refractivity contribution in [3.8, 4) is 0 Å². The second kappa shape index (κ2) is 16.0. The number of hydrogen-bond donors (Lipinski definition) is 2. The Morgan fingerprint density at radius 2 is 1.30 bits per heavy atom. The van der Waals surface area contributed by atoms with Crippen molar-refractivity contribution < 1.29 is 41.1 Å². The quantitative estimate of drug-likeness (QED) is 0.130. The summed E-state index contributed by atoms with van der Waals surface area (Å²) in [7, 11) is 0. The molecule has 0 fully saturated rings. The van der Waals surface area contributed by atoms with E-state index >= 15 is 0 Å². The second-order valence-electron chi connectivity index (χ2n) is 11.2. The van der Waals surface area contributed by atoms with Crippen LogP contribution in [0, 0.1) is 11.8 Å². The standard InChI is InChI=1S/C33H30Cl3F5N2O4/c1-18(2)25(30(46)33(40,41)31(47)42-17-32(37,38)39)15-27(44)29(20-8-10-22(34)11-9-20)43-28(45)16-26(19-6-4-3-5-7-19)21-12-23(35)14-24(36)13-21/h3-14,18,25-26,29H,15-17H2,1-2H3,(H,42,47)(H,43,45)/t25-,26?,29-/m0/s1. The number of carbonyl (C=O) groups excluding carboxylic acids is 4. The molecule has 0 aliphatic rings. The van der Waals surface area contributed by atoms with E-state index in [1.165, 1.54) is 44.2 Å². The third kappa shape index (κ3) is 10.7. The third-order valence-corrected chi connectivity index (χ3v) is 8.00. The van der Waals surface area contributed by atoms with Crippen molar-refractivity contribution >= 4 is 58.2 Å². The number of carbonyl (C=O) groups is 4. The summed E-state index contributed by atoms with van der Waals surface area (Å²) in [6.07, 6.45) is -6.06. The highest BCUT2D eigenvalue weighted by Gasteiger charge is 2.51. The molecule has 0 heterocycles. The molecule has 1 unspecified atom stereocenters. The Morgan fingerprint density at radius 1 is 0.723 bits per heavy atom. The Balaban J connectivity index is 1.91. The fourth-order valence-electron chi connectivity index (χ4n) is 4.90. The lowest BCUT2D eigenvalue weighted by Gasteiger charge is -2.27. The Labute approximate surface area is 283 Å². The van der Waals surface area contributed by atoms with Gasteiger partial charge in [0.2, 0.25) is 11.7 Å². The SMILES string of the molecule is CC(C)[C@H](CC(=O)[C@@H](NC(=O)CC(c1ccccc1)c1cc(Cl)cc(Cl)c1)c1ccc(Cl)cc1)C(=O)C(F)(F)C(=O)NCC(F)(F)F. The molecule has 0 aliphatic carbocycles. The molecule has 6 nitrogen and oxygen atoms in total. The average molecular weight is 720 g/mol. The van der Waals surface area contributed by atoms with E-state index in [2.05, 4.69) is 5.32 Å². The molecule has 3 aromatic carbocycles. The van der Waals surface area contributed by atoms with Crippen LogP contribution in [0.4, 0.5) is 22.0 Å². The lowest BCUT2D eigenvalue weighted by atomic mass is 9.82. The third-order valence-electron chi connectivity index (χ3n) is 7.32. The zero-order chi connectivity index (χ0) is 35.1. The van der Waals surface area contributed by atoms with Gasteiger partial charge in [-0.1, -0.05) is 91.1 Å². The molecule has 0 bridgehead atoms. The summed E-state index contributed by atoms with van der Waals surface area (Å²) < 4.78 is 67.1. The van der Waals surface area contributed by atoms with Crippen molar-refractivity contribution in [2.24, 2.45) is 11.8 Å². The molecule has 252 valence electrons. The zero-order valence-electron chi connectivity index (χ0n) is 25.0. The first kappa shape index (κ1) is 37.9. The molecule has 0 spiro atoms. The van der Waals surface area contributed by atoms with Gasteiger partial charge in [0.1, 0.15) is 12.6 Å². The second-order valence-corrected chi connectivity index (χ2v) is 12.5. The average Bonchev–Trinajstić information content (AvgIpc) is 2.99. The largest absolute Gasteiger partial charge is 0.405 e. The monoisotopic (exact) mass is 718 g/mol. The number of halogens is 8. The Morgan fingerprint density at radius 3 is 1.83 bits per heavy atom. The Bertz CT molecular complexity index is 1570. The minimum Gasteiger partial charge on any atom is -0.342 e. The minimum absolute atomic E-state index is 0.206. The molecular formula is C33H30Cl3F5N2O4.